The van der Waals surface area contributed by atoms with E-state index in [0.29, 0.717) is 23.8 Å². The number of nitrogens with zero attached hydrogens (tertiary/aromatic N) is 2. The van der Waals surface area contributed by atoms with Crippen molar-refractivity contribution in [1.29, 1.82) is 0 Å². The van der Waals surface area contributed by atoms with Crippen molar-refractivity contribution < 1.29 is 4.74 Å². The molecule has 0 fully saturated rings. The van der Waals surface area contributed by atoms with Gasteiger partial charge in [0.15, 0.2) is 5.82 Å². The SMILES string of the molecule is COc1ccccc1-n1ccnc(NCCc2c[nH]c3ccccc23)c1=O. The fourth-order valence-electron chi connectivity index (χ4n) is 3.21. The first-order valence-electron chi connectivity index (χ1n) is 8.78. The number of ether oxygens (including phenoxy) is 1. The third kappa shape index (κ3) is 3.29. The molecule has 2 heterocycles. The van der Waals surface area contributed by atoms with Gasteiger partial charge in [0.1, 0.15) is 5.75 Å². The molecule has 0 aliphatic rings. The largest absolute Gasteiger partial charge is 0.495 e. The maximum atomic E-state index is 12.8. The van der Waals surface area contributed by atoms with Gasteiger partial charge in [-0.1, -0.05) is 30.3 Å². The average molecular weight is 360 g/mol. The van der Waals surface area contributed by atoms with E-state index in [2.05, 4.69) is 27.4 Å². The highest BCUT2D eigenvalue weighted by Crippen LogP contribution is 2.21. The highest BCUT2D eigenvalue weighted by atomic mass is 16.5. The number of H-pyrrole nitrogens is 1. The van der Waals surface area contributed by atoms with E-state index in [0.717, 1.165) is 11.9 Å². The summed E-state index contributed by atoms with van der Waals surface area (Å²) in [5, 5.41) is 4.37. The van der Waals surface area contributed by atoms with Crippen LogP contribution < -0.4 is 15.6 Å². The van der Waals surface area contributed by atoms with E-state index in [1.54, 1.807) is 24.1 Å². The summed E-state index contributed by atoms with van der Waals surface area (Å²) in [6, 6.07) is 15.6. The second kappa shape index (κ2) is 7.37. The molecule has 0 atom stereocenters. The number of aromatic nitrogens is 3. The summed E-state index contributed by atoms with van der Waals surface area (Å²) in [4.78, 5) is 20.3. The van der Waals surface area contributed by atoms with Crippen LogP contribution in [0.1, 0.15) is 5.56 Å². The Labute approximate surface area is 156 Å². The number of benzene rings is 2. The summed E-state index contributed by atoms with van der Waals surface area (Å²) in [5.41, 5.74) is 2.80. The number of fused-ring (bicyclic) bond motifs is 1. The molecule has 0 bridgehead atoms. The minimum Gasteiger partial charge on any atom is -0.495 e. The van der Waals surface area contributed by atoms with Gasteiger partial charge in [-0.15, -0.1) is 0 Å². The third-order valence-electron chi connectivity index (χ3n) is 4.55. The van der Waals surface area contributed by atoms with Gasteiger partial charge >= 0.3 is 0 Å². The average Bonchev–Trinajstić information content (AvgIpc) is 3.12. The zero-order valence-electron chi connectivity index (χ0n) is 15.0. The molecule has 0 aliphatic carbocycles. The van der Waals surface area contributed by atoms with Crippen LogP contribution in [-0.4, -0.2) is 28.2 Å². The number of aromatic amines is 1. The Kier molecular flexibility index (Phi) is 4.61. The molecule has 6 heteroatoms. The van der Waals surface area contributed by atoms with Crippen LogP contribution in [0.5, 0.6) is 5.75 Å². The van der Waals surface area contributed by atoms with E-state index in [9.17, 15) is 4.79 Å². The number of para-hydroxylation sites is 3. The molecule has 2 aromatic carbocycles. The predicted octanol–water partition coefficient (Wildman–Crippen LogP) is 3.38. The van der Waals surface area contributed by atoms with Crippen LogP contribution in [0, 0.1) is 0 Å². The summed E-state index contributed by atoms with van der Waals surface area (Å²) in [6.45, 7) is 0.611. The molecule has 2 aromatic heterocycles. The highest BCUT2D eigenvalue weighted by molar-refractivity contribution is 5.83. The zero-order chi connectivity index (χ0) is 18.6. The van der Waals surface area contributed by atoms with Crippen LogP contribution in [-0.2, 0) is 6.42 Å². The summed E-state index contributed by atoms with van der Waals surface area (Å²) < 4.78 is 6.90. The van der Waals surface area contributed by atoms with E-state index in [1.165, 1.54) is 10.9 Å². The van der Waals surface area contributed by atoms with Gasteiger partial charge < -0.3 is 15.0 Å². The van der Waals surface area contributed by atoms with Crippen molar-refractivity contribution in [2.24, 2.45) is 0 Å². The van der Waals surface area contributed by atoms with Crippen LogP contribution in [0.3, 0.4) is 0 Å². The lowest BCUT2D eigenvalue weighted by molar-refractivity contribution is 0.412. The van der Waals surface area contributed by atoms with Crippen molar-refractivity contribution in [3.05, 3.63) is 83.0 Å². The van der Waals surface area contributed by atoms with Crippen molar-refractivity contribution in [3.8, 4) is 11.4 Å². The van der Waals surface area contributed by atoms with E-state index < -0.39 is 0 Å². The van der Waals surface area contributed by atoms with E-state index >= 15 is 0 Å². The molecule has 0 amide bonds. The van der Waals surface area contributed by atoms with E-state index in [4.69, 9.17) is 4.74 Å². The number of hydrogen-bond acceptors (Lipinski definition) is 4. The molecule has 0 saturated carbocycles. The number of nitrogens with one attached hydrogen (secondary N) is 2. The Bertz CT molecular complexity index is 1130. The Hall–Kier alpha value is -3.54. The van der Waals surface area contributed by atoms with Crippen LogP contribution in [0.25, 0.3) is 16.6 Å². The van der Waals surface area contributed by atoms with Gasteiger partial charge in [0.05, 0.1) is 12.8 Å². The normalized spacial score (nSPS) is 10.9. The maximum absolute atomic E-state index is 12.8. The molecule has 2 N–H and O–H groups in total. The summed E-state index contributed by atoms with van der Waals surface area (Å²) in [7, 11) is 1.59. The molecule has 136 valence electrons. The second-order valence-electron chi connectivity index (χ2n) is 6.16. The summed E-state index contributed by atoms with van der Waals surface area (Å²) in [6.07, 6.45) is 6.06. The number of anilines is 1. The third-order valence-corrected chi connectivity index (χ3v) is 4.55. The van der Waals surface area contributed by atoms with Gasteiger partial charge in [0.25, 0.3) is 5.56 Å². The quantitative estimate of drug-likeness (QED) is 0.553. The Morgan fingerprint density at radius 1 is 1.15 bits per heavy atom. The standard InChI is InChI=1S/C21H20N4O2/c1-27-19-9-5-4-8-18(19)25-13-12-23-20(21(25)26)22-11-10-15-14-24-17-7-3-2-6-16(15)17/h2-9,12-14,24H,10-11H2,1H3,(H,22,23). The van der Waals surface area contributed by atoms with Gasteiger partial charge in [-0.2, -0.15) is 0 Å². The molecular formula is C21H20N4O2. The van der Waals surface area contributed by atoms with Crippen molar-refractivity contribution >= 4 is 16.7 Å². The van der Waals surface area contributed by atoms with Gasteiger partial charge in [-0.05, 0) is 30.2 Å². The molecule has 0 unspecified atom stereocenters. The Balaban J connectivity index is 1.54. The van der Waals surface area contributed by atoms with Gasteiger partial charge in [-0.25, -0.2) is 4.98 Å². The van der Waals surface area contributed by atoms with Crippen molar-refractivity contribution in [2.45, 2.75) is 6.42 Å². The lowest BCUT2D eigenvalue weighted by atomic mass is 10.1. The molecule has 0 spiro atoms. The molecule has 0 aliphatic heterocycles. The minimum atomic E-state index is -0.207. The summed E-state index contributed by atoms with van der Waals surface area (Å²) in [5.74, 6) is 0.957. The lowest BCUT2D eigenvalue weighted by Crippen LogP contribution is -2.24. The van der Waals surface area contributed by atoms with Crippen LogP contribution in [0.15, 0.2) is 71.9 Å². The van der Waals surface area contributed by atoms with E-state index in [1.807, 2.05) is 42.6 Å². The van der Waals surface area contributed by atoms with Gasteiger partial charge in [0, 0.05) is 36.0 Å². The molecule has 0 saturated heterocycles. The molecule has 4 rings (SSSR count). The zero-order valence-corrected chi connectivity index (χ0v) is 15.0. The molecule has 4 aromatic rings. The topological polar surface area (TPSA) is 71.9 Å². The second-order valence-corrected chi connectivity index (χ2v) is 6.16. The predicted molar refractivity (Wildman–Crippen MR) is 107 cm³/mol. The highest BCUT2D eigenvalue weighted by Gasteiger charge is 2.10. The van der Waals surface area contributed by atoms with Crippen molar-refractivity contribution in [1.82, 2.24) is 14.5 Å². The Morgan fingerprint density at radius 2 is 1.96 bits per heavy atom. The molecule has 6 nitrogen and oxygen atoms in total. The smallest absolute Gasteiger partial charge is 0.297 e. The maximum Gasteiger partial charge on any atom is 0.297 e. The van der Waals surface area contributed by atoms with Gasteiger partial charge in [0.2, 0.25) is 0 Å². The van der Waals surface area contributed by atoms with E-state index in [-0.39, 0.29) is 5.56 Å². The monoisotopic (exact) mass is 360 g/mol. The first-order valence-corrected chi connectivity index (χ1v) is 8.78. The van der Waals surface area contributed by atoms with Gasteiger partial charge in [-0.3, -0.25) is 9.36 Å². The van der Waals surface area contributed by atoms with Crippen LogP contribution in [0.4, 0.5) is 5.82 Å². The lowest BCUT2D eigenvalue weighted by Gasteiger charge is -2.12. The number of methoxy groups -OCH3 is 1. The summed E-state index contributed by atoms with van der Waals surface area (Å²) >= 11 is 0. The van der Waals surface area contributed by atoms with Crippen LogP contribution >= 0.6 is 0 Å². The molecular weight excluding hydrogens is 340 g/mol. The molecule has 27 heavy (non-hydrogen) atoms. The first kappa shape index (κ1) is 16.9. The number of hydrogen-bond donors (Lipinski definition) is 2. The first-order chi connectivity index (χ1) is 13.3. The fraction of sp³-hybridized carbons (Fsp3) is 0.143. The van der Waals surface area contributed by atoms with Crippen LogP contribution in [0.2, 0.25) is 0 Å². The van der Waals surface area contributed by atoms with Crippen molar-refractivity contribution in [2.75, 3.05) is 19.0 Å². The molecule has 0 radical (unpaired) electrons. The number of rotatable bonds is 6. The minimum absolute atomic E-state index is 0.207. The van der Waals surface area contributed by atoms with Crippen molar-refractivity contribution in [3.63, 3.8) is 0 Å². The Morgan fingerprint density at radius 3 is 2.85 bits per heavy atom. The fourth-order valence-corrected chi connectivity index (χ4v) is 3.21.